The summed E-state index contributed by atoms with van der Waals surface area (Å²) in [7, 11) is 0. The van der Waals surface area contributed by atoms with E-state index >= 15 is 0 Å². The normalized spacial score (nSPS) is 10.7. The number of nitrogens with one attached hydrogen (secondary N) is 1. The number of carbonyl (C=O) groups excluding carboxylic acids is 1. The van der Waals surface area contributed by atoms with E-state index in [0.717, 1.165) is 18.6 Å². The van der Waals surface area contributed by atoms with E-state index in [0.29, 0.717) is 12.1 Å². The van der Waals surface area contributed by atoms with Crippen molar-refractivity contribution in [3.8, 4) is 5.75 Å². The first-order valence-corrected chi connectivity index (χ1v) is 8.69. The third-order valence-electron chi connectivity index (χ3n) is 3.99. The molecule has 1 amide bonds. The minimum Gasteiger partial charge on any atom is -0.491 e. The van der Waals surface area contributed by atoms with Gasteiger partial charge in [-0.3, -0.25) is 4.79 Å². The van der Waals surface area contributed by atoms with Crippen LogP contribution < -0.4 is 10.1 Å². The highest BCUT2D eigenvalue weighted by Crippen LogP contribution is 2.16. The van der Waals surface area contributed by atoms with Gasteiger partial charge in [-0.2, -0.15) is 0 Å². The molecule has 3 nitrogen and oxygen atoms in total. The highest BCUT2D eigenvalue weighted by Gasteiger charge is 2.08. The Morgan fingerprint density at radius 2 is 1.71 bits per heavy atom. The zero-order valence-electron chi connectivity index (χ0n) is 15.1. The Balaban J connectivity index is 2.02. The number of ether oxygens (including phenoxy) is 1. The second-order valence-electron chi connectivity index (χ2n) is 6.18. The summed E-state index contributed by atoms with van der Waals surface area (Å²) in [6.45, 7) is 8.80. The first-order chi connectivity index (χ1) is 11.5. The van der Waals surface area contributed by atoms with E-state index in [1.807, 2.05) is 26.0 Å². The lowest BCUT2D eigenvalue weighted by Gasteiger charge is -2.12. The molecule has 0 fully saturated rings. The van der Waals surface area contributed by atoms with Gasteiger partial charge in [0, 0.05) is 12.1 Å². The second kappa shape index (κ2) is 8.53. The number of rotatable bonds is 7. The van der Waals surface area contributed by atoms with Crippen LogP contribution in [0.25, 0.3) is 0 Å². The summed E-state index contributed by atoms with van der Waals surface area (Å²) in [4.78, 5) is 12.4. The molecule has 0 radical (unpaired) electrons. The summed E-state index contributed by atoms with van der Waals surface area (Å²) in [5, 5.41) is 3.02. The van der Waals surface area contributed by atoms with Crippen molar-refractivity contribution in [1.82, 2.24) is 5.32 Å². The first kappa shape index (κ1) is 18.1. The molecule has 0 spiro atoms. The summed E-state index contributed by atoms with van der Waals surface area (Å²) < 4.78 is 5.60. The molecule has 128 valence electrons. The fraction of sp³-hybridized carbons (Fsp3) is 0.381. The molecule has 0 saturated heterocycles. The summed E-state index contributed by atoms with van der Waals surface area (Å²) in [6, 6.07) is 13.8. The zero-order chi connectivity index (χ0) is 17.5. The predicted molar refractivity (Wildman–Crippen MR) is 98.6 cm³/mol. The van der Waals surface area contributed by atoms with E-state index in [-0.39, 0.29) is 12.0 Å². The quantitative estimate of drug-likeness (QED) is 0.812. The minimum absolute atomic E-state index is 0.0601. The van der Waals surface area contributed by atoms with E-state index in [1.54, 1.807) is 12.1 Å². The van der Waals surface area contributed by atoms with Gasteiger partial charge in [0.05, 0.1) is 6.10 Å². The van der Waals surface area contributed by atoms with Gasteiger partial charge >= 0.3 is 0 Å². The summed E-state index contributed by atoms with van der Waals surface area (Å²) >= 11 is 0. The lowest BCUT2D eigenvalue weighted by atomic mass is 10.0. The number of benzene rings is 2. The van der Waals surface area contributed by atoms with Gasteiger partial charge < -0.3 is 10.1 Å². The molecular formula is C21H27NO2. The van der Waals surface area contributed by atoms with Gasteiger partial charge in [0.25, 0.3) is 5.91 Å². The largest absolute Gasteiger partial charge is 0.491 e. The lowest BCUT2D eigenvalue weighted by Crippen LogP contribution is -2.23. The van der Waals surface area contributed by atoms with Crippen molar-refractivity contribution in [3.05, 3.63) is 64.7 Å². The summed E-state index contributed by atoms with van der Waals surface area (Å²) in [5.41, 5.74) is 4.43. The van der Waals surface area contributed by atoms with Gasteiger partial charge in [-0.05, 0) is 67.6 Å². The third kappa shape index (κ3) is 4.85. The van der Waals surface area contributed by atoms with Crippen LogP contribution in [0.4, 0.5) is 0 Å². The zero-order valence-corrected chi connectivity index (χ0v) is 15.1. The Morgan fingerprint density at radius 1 is 1.00 bits per heavy atom. The maximum atomic E-state index is 12.4. The molecule has 0 saturated carbocycles. The monoisotopic (exact) mass is 325 g/mol. The number of hydrogen-bond acceptors (Lipinski definition) is 2. The van der Waals surface area contributed by atoms with Crippen molar-refractivity contribution in [2.24, 2.45) is 0 Å². The van der Waals surface area contributed by atoms with Crippen LogP contribution >= 0.6 is 0 Å². The molecule has 0 heterocycles. The molecule has 24 heavy (non-hydrogen) atoms. The van der Waals surface area contributed by atoms with Crippen molar-refractivity contribution in [1.29, 1.82) is 0 Å². The molecule has 2 aromatic carbocycles. The van der Waals surface area contributed by atoms with Gasteiger partial charge in [-0.25, -0.2) is 0 Å². The van der Waals surface area contributed by atoms with E-state index < -0.39 is 0 Å². The van der Waals surface area contributed by atoms with E-state index in [9.17, 15) is 4.79 Å². The van der Waals surface area contributed by atoms with Gasteiger partial charge in [-0.15, -0.1) is 0 Å². The van der Waals surface area contributed by atoms with Crippen molar-refractivity contribution < 1.29 is 9.53 Å². The van der Waals surface area contributed by atoms with Crippen LogP contribution in [-0.4, -0.2) is 12.0 Å². The average molecular weight is 325 g/mol. The Labute approximate surface area is 145 Å². The summed E-state index contributed by atoms with van der Waals surface area (Å²) in [6.07, 6.45) is 2.10. The van der Waals surface area contributed by atoms with Crippen LogP contribution in [0.1, 0.15) is 54.7 Å². The smallest absolute Gasteiger partial charge is 0.251 e. The van der Waals surface area contributed by atoms with Crippen LogP contribution in [-0.2, 0) is 19.4 Å². The van der Waals surface area contributed by atoms with Crippen molar-refractivity contribution in [2.75, 3.05) is 0 Å². The molecule has 0 aromatic heterocycles. The standard InChI is InChI=1S/C21H27NO2/c1-5-16-7-8-17(6-2)19(13-16)14-22-21(23)18-9-11-20(12-10-18)24-15(3)4/h7-13,15H,5-6,14H2,1-4H3,(H,22,23). The Kier molecular flexibility index (Phi) is 6.42. The second-order valence-corrected chi connectivity index (χ2v) is 6.18. The summed E-state index contributed by atoms with van der Waals surface area (Å²) in [5.74, 6) is 0.723. The highest BCUT2D eigenvalue weighted by atomic mass is 16.5. The Bertz CT molecular complexity index is 675. The van der Waals surface area contributed by atoms with Crippen molar-refractivity contribution in [2.45, 2.75) is 53.2 Å². The fourth-order valence-electron chi connectivity index (χ4n) is 2.64. The van der Waals surface area contributed by atoms with Crippen LogP contribution in [0.3, 0.4) is 0 Å². The van der Waals surface area contributed by atoms with Crippen molar-refractivity contribution >= 4 is 5.91 Å². The number of carbonyl (C=O) groups is 1. The maximum Gasteiger partial charge on any atom is 0.251 e. The highest BCUT2D eigenvalue weighted by molar-refractivity contribution is 5.94. The first-order valence-electron chi connectivity index (χ1n) is 8.69. The molecular weight excluding hydrogens is 298 g/mol. The molecule has 3 heteroatoms. The molecule has 0 atom stereocenters. The van der Waals surface area contributed by atoms with Gasteiger partial charge in [-0.1, -0.05) is 32.0 Å². The molecule has 1 N–H and O–H groups in total. The van der Waals surface area contributed by atoms with E-state index in [4.69, 9.17) is 4.74 Å². The fourth-order valence-corrected chi connectivity index (χ4v) is 2.64. The molecule has 0 aliphatic carbocycles. The molecule has 2 aromatic rings. The number of amides is 1. The topological polar surface area (TPSA) is 38.3 Å². The van der Waals surface area contributed by atoms with E-state index in [1.165, 1.54) is 16.7 Å². The maximum absolute atomic E-state index is 12.4. The van der Waals surface area contributed by atoms with Crippen LogP contribution in [0.2, 0.25) is 0 Å². The molecule has 0 bridgehead atoms. The number of hydrogen-bond donors (Lipinski definition) is 1. The molecule has 2 rings (SSSR count). The average Bonchev–Trinajstić information content (AvgIpc) is 2.59. The third-order valence-corrected chi connectivity index (χ3v) is 3.99. The predicted octanol–water partition coefficient (Wildman–Crippen LogP) is 4.53. The Morgan fingerprint density at radius 3 is 2.29 bits per heavy atom. The number of aryl methyl sites for hydroxylation is 2. The van der Waals surface area contributed by atoms with Crippen LogP contribution in [0.5, 0.6) is 5.75 Å². The minimum atomic E-state index is -0.0601. The van der Waals surface area contributed by atoms with Crippen LogP contribution in [0.15, 0.2) is 42.5 Å². The SMILES string of the molecule is CCc1ccc(CC)c(CNC(=O)c2ccc(OC(C)C)cc2)c1. The van der Waals surface area contributed by atoms with Gasteiger partial charge in [0.2, 0.25) is 0 Å². The van der Waals surface area contributed by atoms with Gasteiger partial charge in [0.1, 0.15) is 5.75 Å². The molecule has 0 aliphatic heterocycles. The molecule has 0 unspecified atom stereocenters. The van der Waals surface area contributed by atoms with Crippen LogP contribution in [0, 0.1) is 0 Å². The van der Waals surface area contributed by atoms with Gasteiger partial charge in [0.15, 0.2) is 0 Å². The molecule has 0 aliphatic rings. The van der Waals surface area contributed by atoms with Crippen molar-refractivity contribution in [3.63, 3.8) is 0 Å². The Hall–Kier alpha value is -2.29. The lowest BCUT2D eigenvalue weighted by molar-refractivity contribution is 0.0951. The van der Waals surface area contributed by atoms with E-state index in [2.05, 4.69) is 37.4 Å².